The highest BCUT2D eigenvalue weighted by Crippen LogP contribution is 2.24. The number of benzene rings is 1. The molecule has 2 aromatic rings. The van der Waals surface area contributed by atoms with E-state index in [0.717, 1.165) is 24.2 Å². The topological polar surface area (TPSA) is 70.3 Å². The molecule has 0 aliphatic heterocycles. The Morgan fingerprint density at radius 2 is 1.95 bits per heavy atom. The lowest BCUT2D eigenvalue weighted by atomic mass is 10.1. The third-order valence-electron chi connectivity index (χ3n) is 2.98. The maximum atomic E-state index is 9.45. The van der Waals surface area contributed by atoms with E-state index in [0.29, 0.717) is 0 Å². The van der Waals surface area contributed by atoms with Crippen LogP contribution in [0.15, 0.2) is 30.6 Å². The summed E-state index contributed by atoms with van der Waals surface area (Å²) >= 11 is 0. The average Bonchev–Trinajstić information content (AvgIpc) is 2.73. The van der Waals surface area contributed by atoms with Gasteiger partial charge < -0.3 is 15.5 Å². The summed E-state index contributed by atoms with van der Waals surface area (Å²) in [6.07, 6.45) is 3.82. The predicted molar refractivity (Wildman–Crippen MR) is 73.2 cm³/mol. The minimum absolute atomic E-state index is 0.0506. The quantitative estimate of drug-likeness (QED) is 0.769. The van der Waals surface area contributed by atoms with Gasteiger partial charge in [-0.15, -0.1) is 0 Å². The lowest BCUT2D eigenvalue weighted by molar-refractivity contribution is 0.444. The second kappa shape index (κ2) is 5.75. The molecule has 2 rings (SSSR count). The van der Waals surface area contributed by atoms with Crippen LogP contribution in [-0.4, -0.2) is 26.5 Å². The molecule has 1 heterocycles. The molecule has 0 fully saturated rings. The number of aromatic nitrogens is 2. The maximum absolute atomic E-state index is 9.45. The molecule has 1 aromatic carbocycles. The summed E-state index contributed by atoms with van der Waals surface area (Å²) in [5, 5.41) is 26.4. The number of rotatable bonds is 5. The number of hydrogen-bond donors (Lipinski definition) is 3. The molecule has 5 nitrogen and oxygen atoms in total. The van der Waals surface area contributed by atoms with E-state index in [1.165, 1.54) is 6.07 Å². The number of phenols is 2. The van der Waals surface area contributed by atoms with Crippen LogP contribution in [0, 0.1) is 6.92 Å². The first kappa shape index (κ1) is 13.4. The van der Waals surface area contributed by atoms with Gasteiger partial charge in [0.15, 0.2) is 0 Å². The van der Waals surface area contributed by atoms with Crippen LogP contribution in [0.4, 0.5) is 0 Å². The molecule has 5 heteroatoms. The van der Waals surface area contributed by atoms with Crippen molar-refractivity contribution in [1.29, 1.82) is 0 Å². The van der Waals surface area contributed by atoms with Crippen LogP contribution in [0.2, 0.25) is 0 Å². The van der Waals surface area contributed by atoms with Crippen molar-refractivity contribution in [3.05, 3.63) is 41.7 Å². The first-order chi connectivity index (χ1) is 9.04. The molecule has 3 N–H and O–H groups in total. The second-order valence-corrected chi connectivity index (χ2v) is 4.74. The molecule has 0 bridgehead atoms. The molecule has 0 amide bonds. The number of nitrogens with one attached hydrogen (secondary N) is 1. The Morgan fingerprint density at radius 3 is 2.53 bits per heavy atom. The summed E-state index contributed by atoms with van der Waals surface area (Å²) in [4.78, 5) is 0. The molecule has 1 aromatic heterocycles. The van der Waals surface area contributed by atoms with Gasteiger partial charge in [0.25, 0.3) is 0 Å². The first-order valence-electron chi connectivity index (χ1n) is 6.30. The largest absolute Gasteiger partial charge is 0.508 e. The first-order valence-corrected chi connectivity index (χ1v) is 6.30. The smallest absolute Gasteiger partial charge is 0.119 e. The van der Waals surface area contributed by atoms with Crippen molar-refractivity contribution < 1.29 is 10.2 Å². The molecule has 0 spiro atoms. The second-order valence-electron chi connectivity index (χ2n) is 4.74. The molecule has 0 saturated heterocycles. The van der Waals surface area contributed by atoms with E-state index in [2.05, 4.69) is 10.4 Å². The molecule has 102 valence electrons. The van der Waals surface area contributed by atoms with Gasteiger partial charge in [-0.2, -0.15) is 5.10 Å². The van der Waals surface area contributed by atoms with Crippen LogP contribution >= 0.6 is 0 Å². The highest BCUT2D eigenvalue weighted by Gasteiger charge is 2.07. The Morgan fingerprint density at radius 1 is 1.26 bits per heavy atom. The normalized spacial score (nSPS) is 12.5. The van der Waals surface area contributed by atoms with E-state index in [1.54, 1.807) is 12.1 Å². The number of phenolic OH excluding ortho intramolecular Hbond substituents is 2. The van der Waals surface area contributed by atoms with E-state index in [4.69, 9.17) is 0 Å². The molecule has 0 saturated carbocycles. The Labute approximate surface area is 112 Å². The van der Waals surface area contributed by atoms with E-state index in [9.17, 15) is 10.2 Å². The van der Waals surface area contributed by atoms with Crippen LogP contribution in [0.3, 0.4) is 0 Å². The fourth-order valence-corrected chi connectivity index (χ4v) is 1.97. The van der Waals surface area contributed by atoms with Gasteiger partial charge in [-0.05, 0) is 37.1 Å². The van der Waals surface area contributed by atoms with Gasteiger partial charge in [-0.1, -0.05) is 0 Å². The third kappa shape index (κ3) is 3.72. The Hall–Kier alpha value is -2.01. The zero-order chi connectivity index (χ0) is 13.8. The molecule has 0 radical (unpaired) electrons. The summed E-state index contributed by atoms with van der Waals surface area (Å²) in [6, 6.07) is 4.67. The summed E-state index contributed by atoms with van der Waals surface area (Å²) in [6.45, 7) is 5.54. The van der Waals surface area contributed by atoms with Gasteiger partial charge in [0.1, 0.15) is 11.5 Å². The van der Waals surface area contributed by atoms with Crippen molar-refractivity contribution in [2.75, 3.05) is 6.54 Å². The lowest BCUT2D eigenvalue weighted by Gasteiger charge is -2.15. The number of aryl methyl sites for hydroxylation is 1. The molecule has 0 aliphatic carbocycles. The van der Waals surface area contributed by atoms with Crippen molar-refractivity contribution in [1.82, 2.24) is 15.1 Å². The van der Waals surface area contributed by atoms with Crippen LogP contribution in [0.5, 0.6) is 11.5 Å². The van der Waals surface area contributed by atoms with Crippen molar-refractivity contribution in [3.63, 3.8) is 0 Å². The van der Waals surface area contributed by atoms with Gasteiger partial charge >= 0.3 is 0 Å². The highest BCUT2D eigenvalue weighted by molar-refractivity contribution is 5.37. The van der Waals surface area contributed by atoms with E-state index in [-0.39, 0.29) is 17.5 Å². The van der Waals surface area contributed by atoms with Gasteiger partial charge in [-0.25, -0.2) is 0 Å². The fraction of sp³-hybridized carbons (Fsp3) is 0.357. The van der Waals surface area contributed by atoms with Crippen LogP contribution in [0.25, 0.3) is 0 Å². The molecular formula is C14H19N3O2. The SMILES string of the molecule is Cc1cnn(CCNC(C)c2cc(O)cc(O)c2)c1. The molecule has 1 unspecified atom stereocenters. The Kier molecular flexibility index (Phi) is 4.06. The maximum Gasteiger partial charge on any atom is 0.119 e. The van der Waals surface area contributed by atoms with E-state index in [1.807, 2.05) is 30.9 Å². The highest BCUT2D eigenvalue weighted by atomic mass is 16.3. The Balaban J connectivity index is 1.88. The monoisotopic (exact) mass is 261 g/mol. The summed E-state index contributed by atoms with van der Waals surface area (Å²) in [7, 11) is 0. The molecule has 19 heavy (non-hydrogen) atoms. The fourth-order valence-electron chi connectivity index (χ4n) is 1.97. The zero-order valence-electron chi connectivity index (χ0n) is 11.2. The number of hydrogen-bond acceptors (Lipinski definition) is 4. The van der Waals surface area contributed by atoms with E-state index < -0.39 is 0 Å². The van der Waals surface area contributed by atoms with Crippen molar-refractivity contribution >= 4 is 0 Å². The summed E-state index contributed by atoms with van der Waals surface area (Å²) < 4.78 is 1.88. The summed E-state index contributed by atoms with van der Waals surface area (Å²) in [5.41, 5.74) is 2.00. The van der Waals surface area contributed by atoms with Gasteiger partial charge in [0.05, 0.1) is 12.7 Å². The van der Waals surface area contributed by atoms with Crippen LogP contribution in [-0.2, 0) is 6.54 Å². The number of nitrogens with zero attached hydrogens (tertiary/aromatic N) is 2. The molecular weight excluding hydrogens is 242 g/mol. The molecule has 0 aliphatic rings. The van der Waals surface area contributed by atoms with Gasteiger partial charge in [0, 0.05) is 24.8 Å². The lowest BCUT2D eigenvalue weighted by Crippen LogP contribution is -2.23. The van der Waals surface area contributed by atoms with E-state index >= 15 is 0 Å². The van der Waals surface area contributed by atoms with Crippen molar-refractivity contribution in [2.24, 2.45) is 0 Å². The van der Waals surface area contributed by atoms with Crippen molar-refractivity contribution in [3.8, 4) is 11.5 Å². The summed E-state index contributed by atoms with van der Waals surface area (Å²) in [5.74, 6) is 0.151. The minimum Gasteiger partial charge on any atom is -0.508 e. The minimum atomic E-state index is 0.0506. The van der Waals surface area contributed by atoms with Crippen LogP contribution < -0.4 is 5.32 Å². The van der Waals surface area contributed by atoms with Crippen LogP contribution in [0.1, 0.15) is 24.1 Å². The average molecular weight is 261 g/mol. The van der Waals surface area contributed by atoms with Gasteiger partial charge in [0.2, 0.25) is 0 Å². The third-order valence-corrected chi connectivity index (χ3v) is 2.98. The standard InChI is InChI=1S/C14H19N3O2/c1-10-8-16-17(9-10)4-3-15-11(2)12-5-13(18)7-14(19)6-12/h5-9,11,15,18-19H,3-4H2,1-2H3. The predicted octanol–water partition coefficient (Wildman–Crippen LogP) is 1.95. The van der Waals surface area contributed by atoms with Crippen molar-refractivity contribution in [2.45, 2.75) is 26.4 Å². The van der Waals surface area contributed by atoms with Gasteiger partial charge in [-0.3, -0.25) is 4.68 Å². The zero-order valence-corrected chi connectivity index (χ0v) is 11.2. The molecule has 1 atom stereocenters. The number of aromatic hydroxyl groups is 2. The Bertz CT molecular complexity index is 531.